The number of amides is 1. The molecule has 0 bridgehead atoms. The van der Waals surface area contributed by atoms with E-state index in [-0.39, 0.29) is 10.8 Å². The Morgan fingerprint density at radius 2 is 1.90 bits per heavy atom. The first-order valence-electron chi connectivity index (χ1n) is 7.05. The van der Waals surface area contributed by atoms with E-state index >= 15 is 0 Å². The molecule has 0 aromatic heterocycles. The highest BCUT2D eigenvalue weighted by Gasteiger charge is 2.25. The van der Waals surface area contributed by atoms with Gasteiger partial charge in [-0.1, -0.05) is 0 Å². The molecule has 0 saturated carbocycles. The number of hydrogen-bond acceptors (Lipinski definition) is 3. The third-order valence-electron chi connectivity index (χ3n) is 3.28. The molecule has 1 aromatic rings. The second-order valence-electron chi connectivity index (χ2n) is 6.45. The molecule has 0 unspecified atom stereocenters. The summed E-state index contributed by atoms with van der Waals surface area (Å²) in [6.45, 7) is 7.93. The number of nitrogens with one attached hydrogen (secondary N) is 1. The van der Waals surface area contributed by atoms with E-state index in [1.165, 1.54) is 0 Å². The molecule has 2 rings (SSSR count). The van der Waals surface area contributed by atoms with E-state index in [2.05, 4.69) is 4.72 Å². The first kappa shape index (κ1) is 16.0. The number of hydrogen-bond donors (Lipinski definition) is 1. The summed E-state index contributed by atoms with van der Waals surface area (Å²) >= 11 is 0. The van der Waals surface area contributed by atoms with Gasteiger partial charge < -0.3 is 4.90 Å². The Morgan fingerprint density at radius 1 is 1.24 bits per heavy atom. The van der Waals surface area contributed by atoms with Gasteiger partial charge in [-0.15, -0.1) is 0 Å². The first-order chi connectivity index (χ1) is 9.60. The topological polar surface area (TPSA) is 66.5 Å². The lowest BCUT2D eigenvalue weighted by molar-refractivity contribution is -0.117. The van der Waals surface area contributed by atoms with Crippen LogP contribution in [0, 0.1) is 6.92 Å². The first-order valence-corrected chi connectivity index (χ1v) is 8.53. The second kappa shape index (κ2) is 5.42. The Balaban J connectivity index is 2.33. The van der Waals surface area contributed by atoms with Crippen LogP contribution >= 0.6 is 0 Å². The normalized spacial score (nSPS) is 16.6. The fourth-order valence-electron chi connectivity index (χ4n) is 2.46. The van der Waals surface area contributed by atoms with Crippen molar-refractivity contribution < 1.29 is 13.2 Å². The van der Waals surface area contributed by atoms with Crippen molar-refractivity contribution in [2.75, 3.05) is 11.4 Å². The molecule has 1 aromatic carbocycles. The maximum absolute atomic E-state index is 12.3. The van der Waals surface area contributed by atoms with Crippen molar-refractivity contribution in [3.8, 4) is 0 Å². The summed E-state index contributed by atoms with van der Waals surface area (Å²) in [5.41, 5.74) is 1.06. The van der Waals surface area contributed by atoms with Gasteiger partial charge in [-0.25, -0.2) is 13.1 Å². The summed E-state index contributed by atoms with van der Waals surface area (Å²) in [5.74, 6) is 0.0986. The molecule has 1 fully saturated rings. The molecule has 0 atom stereocenters. The third-order valence-corrected chi connectivity index (χ3v) is 5.04. The van der Waals surface area contributed by atoms with Crippen LogP contribution < -0.4 is 9.62 Å². The number of carbonyl (C=O) groups excluding carboxylic acids is 1. The van der Waals surface area contributed by atoms with Crippen LogP contribution in [0.4, 0.5) is 5.69 Å². The van der Waals surface area contributed by atoms with Crippen LogP contribution in [-0.4, -0.2) is 26.4 Å². The average molecular weight is 310 g/mol. The Labute approximate surface area is 126 Å². The number of rotatable bonds is 3. The lowest BCUT2D eigenvalue weighted by atomic mass is 10.1. The summed E-state index contributed by atoms with van der Waals surface area (Å²) in [6.07, 6.45) is 1.41. The summed E-state index contributed by atoms with van der Waals surface area (Å²) in [7, 11) is -3.55. The molecule has 116 valence electrons. The maximum Gasteiger partial charge on any atom is 0.241 e. The minimum atomic E-state index is -3.55. The van der Waals surface area contributed by atoms with Crippen molar-refractivity contribution in [3.63, 3.8) is 0 Å². The summed E-state index contributed by atoms with van der Waals surface area (Å²) in [5, 5.41) is 0. The third kappa shape index (κ3) is 3.63. The number of sulfonamides is 1. The Morgan fingerprint density at radius 3 is 2.38 bits per heavy atom. The zero-order chi connectivity index (χ0) is 15.8. The molecule has 1 N–H and O–H groups in total. The molecule has 0 radical (unpaired) electrons. The number of carbonyl (C=O) groups is 1. The van der Waals surface area contributed by atoms with Crippen LogP contribution in [0.3, 0.4) is 0 Å². The van der Waals surface area contributed by atoms with E-state index in [1.807, 2.05) is 6.92 Å². The number of nitrogens with zero attached hydrogens (tertiary/aromatic N) is 1. The number of anilines is 1. The van der Waals surface area contributed by atoms with Gasteiger partial charge in [0.2, 0.25) is 15.9 Å². The predicted octanol–water partition coefficient (Wildman–Crippen LogP) is 2.20. The molecule has 0 spiro atoms. The molecular formula is C15H22N2O3S. The van der Waals surface area contributed by atoms with Crippen molar-refractivity contribution in [1.29, 1.82) is 0 Å². The van der Waals surface area contributed by atoms with Crippen LogP contribution in [-0.2, 0) is 14.8 Å². The minimum Gasteiger partial charge on any atom is -0.312 e. The molecular weight excluding hydrogens is 288 g/mol. The summed E-state index contributed by atoms with van der Waals surface area (Å²) in [6, 6.07) is 4.90. The summed E-state index contributed by atoms with van der Waals surface area (Å²) < 4.78 is 27.2. The highest BCUT2D eigenvalue weighted by atomic mass is 32.2. The number of aryl methyl sites for hydroxylation is 1. The van der Waals surface area contributed by atoms with E-state index in [0.29, 0.717) is 13.0 Å². The molecule has 1 amide bonds. The fraction of sp³-hybridized carbons (Fsp3) is 0.533. The zero-order valence-corrected chi connectivity index (χ0v) is 13.8. The smallest absolute Gasteiger partial charge is 0.241 e. The van der Waals surface area contributed by atoms with E-state index in [0.717, 1.165) is 17.7 Å². The van der Waals surface area contributed by atoms with Gasteiger partial charge in [0.25, 0.3) is 0 Å². The van der Waals surface area contributed by atoms with Gasteiger partial charge in [0.05, 0.1) is 4.90 Å². The minimum absolute atomic E-state index is 0.0986. The van der Waals surface area contributed by atoms with Gasteiger partial charge in [0, 0.05) is 24.2 Å². The Kier molecular flexibility index (Phi) is 4.13. The fourth-order valence-corrected chi connectivity index (χ4v) is 3.97. The molecule has 1 heterocycles. The molecule has 5 nitrogen and oxygen atoms in total. The molecule has 1 aliphatic heterocycles. The van der Waals surface area contributed by atoms with E-state index in [1.54, 1.807) is 43.9 Å². The van der Waals surface area contributed by atoms with Crippen molar-refractivity contribution in [2.45, 2.75) is 51.0 Å². The standard InChI is InChI=1S/C15H22N2O3S/c1-11-10-12(21(19,20)16-15(2,3)4)7-8-13(11)17-9-5-6-14(17)18/h7-8,10,16H,5-6,9H2,1-4H3. The van der Waals surface area contributed by atoms with E-state index < -0.39 is 15.6 Å². The molecule has 0 aliphatic carbocycles. The Bertz CT molecular complexity index is 660. The number of benzene rings is 1. The second-order valence-corrected chi connectivity index (χ2v) is 8.14. The van der Waals surface area contributed by atoms with Crippen molar-refractivity contribution in [3.05, 3.63) is 23.8 Å². The van der Waals surface area contributed by atoms with Crippen LogP contribution in [0.2, 0.25) is 0 Å². The van der Waals surface area contributed by atoms with Crippen molar-refractivity contribution >= 4 is 21.6 Å². The highest BCUT2D eigenvalue weighted by Crippen LogP contribution is 2.27. The van der Waals surface area contributed by atoms with Gasteiger partial charge in [-0.05, 0) is 57.9 Å². The SMILES string of the molecule is Cc1cc(S(=O)(=O)NC(C)(C)C)ccc1N1CCCC1=O. The van der Waals surface area contributed by atoms with Crippen LogP contribution in [0.25, 0.3) is 0 Å². The van der Waals surface area contributed by atoms with Gasteiger partial charge >= 0.3 is 0 Å². The molecule has 1 aliphatic rings. The molecule has 21 heavy (non-hydrogen) atoms. The average Bonchev–Trinajstić information content (AvgIpc) is 2.72. The van der Waals surface area contributed by atoms with Gasteiger partial charge in [0.15, 0.2) is 0 Å². The van der Waals surface area contributed by atoms with Crippen LogP contribution in [0.5, 0.6) is 0 Å². The van der Waals surface area contributed by atoms with Crippen molar-refractivity contribution in [1.82, 2.24) is 4.72 Å². The predicted molar refractivity (Wildman–Crippen MR) is 82.8 cm³/mol. The van der Waals surface area contributed by atoms with Gasteiger partial charge in [-0.2, -0.15) is 0 Å². The van der Waals surface area contributed by atoms with Crippen LogP contribution in [0.1, 0.15) is 39.2 Å². The van der Waals surface area contributed by atoms with Crippen molar-refractivity contribution in [2.24, 2.45) is 0 Å². The van der Waals surface area contributed by atoms with Crippen LogP contribution in [0.15, 0.2) is 23.1 Å². The van der Waals surface area contributed by atoms with E-state index in [9.17, 15) is 13.2 Å². The lowest BCUT2D eigenvalue weighted by Crippen LogP contribution is -2.40. The Hall–Kier alpha value is -1.40. The van der Waals surface area contributed by atoms with Gasteiger partial charge in [-0.3, -0.25) is 4.79 Å². The summed E-state index contributed by atoms with van der Waals surface area (Å²) in [4.78, 5) is 13.7. The van der Waals surface area contributed by atoms with E-state index in [4.69, 9.17) is 0 Å². The zero-order valence-electron chi connectivity index (χ0n) is 12.9. The van der Waals surface area contributed by atoms with Gasteiger partial charge in [0.1, 0.15) is 0 Å². The maximum atomic E-state index is 12.3. The quantitative estimate of drug-likeness (QED) is 0.930. The highest BCUT2D eigenvalue weighted by molar-refractivity contribution is 7.89. The molecule has 1 saturated heterocycles. The largest absolute Gasteiger partial charge is 0.312 e. The lowest BCUT2D eigenvalue weighted by Gasteiger charge is -2.22. The monoisotopic (exact) mass is 310 g/mol. The molecule has 6 heteroatoms.